The molecule has 0 saturated heterocycles. The van der Waals surface area contributed by atoms with E-state index in [1.165, 1.54) is 13.2 Å². The van der Waals surface area contributed by atoms with Crippen molar-refractivity contribution in [3.8, 4) is 5.75 Å². The Morgan fingerprint density at radius 3 is 2.70 bits per heavy atom. The number of benzene rings is 2. The maximum absolute atomic E-state index is 11.9. The zero-order chi connectivity index (χ0) is 19.1. The Hall–Kier alpha value is -3.67. The van der Waals surface area contributed by atoms with Crippen molar-refractivity contribution in [3.63, 3.8) is 0 Å². The fourth-order valence-electron chi connectivity index (χ4n) is 2.41. The van der Waals surface area contributed by atoms with Gasteiger partial charge in [0.05, 0.1) is 0 Å². The molecule has 0 spiro atoms. The number of hydrogen-bond donors (Lipinski definition) is 2. The van der Waals surface area contributed by atoms with Crippen LogP contribution in [-0.4, -0.2) is 22.9 Å². The SMILES string of the molecule is CNC(=O)c1cnc(/C=C/c2cccc(OCc3ccccc3)c2)[nH]c1=O. The summed E-state index contributed by atoms with van der Waals surface area (Å²) in [6.07, 6.45) is 4.75. The van der Waals surface area contributed by atoms with Gasteiger partial charge < -0.3 is 15.0 Å². The Kier molecular flexibility index (Phi) is 5.79. The Morgan fingerprint density at radius 2 is 1.96 bits per heavy atom. The molecule has 27 heavy (non-hydrogen) atoms. The van der Waals surface area contributed by atoms with Gasteiger partial charge in [-0.2, -0.15) is 0 Å². The third kappa shape index (κ3) is 4.92. The number of ether oxygens (including phenoxy) is 1. The van der Waals surface area contributed by atoms with Gasteiger partial charge in [-0.25, -0.2) is 4.98 Å². The molecule has 6 heteroatoms. The summed E-state index contributed by atoms with van der Waals surface area (Å²) in [4.78, 5) is 30.1. The lowest BCUT2D eigenvalue weighted by Gasteiger charge is -2.07. The number of carbonyl (C=O) groups excluding carboxylic acids is 1. The zero-order valence-electron chi connectivity index (χ0n) is 14.8. The summed E-state index contributed by atoms with van der Waals surface area (Å²) in [5, 5.41) is 2.40. The lowest BCUT2D eigenvalue weighted by molar-refractivity contribution is 0.0961. The predicted molar refractivity (Wildman–Crippen MR) is 104 cm³/mol. The molecule has 1 amide bonds. The quantitative estimate of drug-likeness (QED) is 0.707. The van der Waals surface area contributed by atoms with E-state index in [4.69, 9.17) is 4.74 Å². The first kappa shape index (κ1) is 18.1. The van der Waals surface area contributed by atoms with Gasteiger partial charge in [-0.3, -0.25) is 9.59 Å². The number of nitrogens with one attached hydrogen (secondary N) is 2. The molecule has 0 radical (unpaired) electrons. The molecule has 0 aliphatic heterocycles. The van der Waals surface area contributed by atoms with Crippen LogP contribution < -0.4 is 15.6 Å². The van der Waals surface area contributed by atoms with Crippen molar-refractivity contribution < 1.29 is 9.53 Å². The Bertz CT molecular complexity index is 1010. The number of carbonyl (C=O) groups is 1. The molecule has 0 bridgehead atoms. The average Bonchev–Trinajstić information content (AvgIpc) is 2.71. The van der Waals surface area contributed by atoms with Crippen LogP contribution >= 0.6 is 0 Å². The molecule has 0 aliphatic carbocycles. The van der Waals surface area contributed by atoms with E-state index in [1.54, 1.807) is 6.08 Å². The molecule has 1 aromatic heterocycles. The average molecular weight is 361 g/mol. The van der Waals surface area contributed by atoms with Crippen molar-refractivity contribution >= 4 is 18.1 Å². The summed E-state index contributed by atoms with van der Waals surface area (Å²) in [5.41, 5.74) is 1.49. The van der Waals surface area contributed by atoms with Gasteiger partial charge in [-0.05, 0) is 29.3 Å². The molecule has 0 unspecified atom stereocenters. The standard InChI is InChI=1S/C21H19N3O3/c1-22-20(25)18-13-23-19(24-21(18)26)11-10-15-8-5-9-17(12-15)27-14-16-6-3-2-4-7-16/h2-13H,14H2,1H3,(H,22,25)(H,23,24,26)/b11-10+. The molecule has 3 rings (SSSR count). The highest BCUT2D eigenvalue weighted by molar-refractivity contribution is 5.93. The summed E-state index contributed by atoms with van der Waals surface area (Å²) >= 11 is 0. The number of aromatic nitrogens is 2. The highest BCUT2D eigenvalue weighted by Gasteiger charge is 2.08. The van der Waals surface area contributed by atoms with Gasteiger partial charge in [-0.1, -0.05) is 48.5 Å². The number of hydrogen-bond acceptors (Lipinski definition) is 4. The van der Waals surface area contributed by atoms with Crippen LogP contribution in [0.3, 0.4) is 0 Å². The molecular weight excluding hydrogens is 342 g/mol. The highest BCUT2D eigenvalue weighted by Crippen LogP contribution is 2.16. The highest BCUT2D eigenvalue weighted by atomic mass is 16.5. The summed E-state index contributed by atoms with van der Waals surface area (Å²) < 4.78 is 5.81. The zero-order valence-corrected chi connectivity index (χ0v) is 14.8. The smallest absolute Gasteiger partial charge is 0.263 e. The fourth-order valence-corrected chi connectivity index (χ4v) is 2.41. The van der Waals surface area contributed by atoms with Crippen molar-refractivity contribution in [3.05, 3.63) is 93.7 Å². The third-order valence-electron chi connectivity index (χ3n) is 3.83. The second-order valence-corrected chi connectivity index (χ2v) is 5.77. The number of H-pyrrole nitrogens is 1. The first-order chi connectivity index (χ1) is 13.2. The van der Waals surface area contributed by atoms with E-state index in [-0.39, 0.29) is 5.56 Å². The van der Waals surface area contributed by atoms with Crippen LogP contribution in [0.25, 0.3) is 12.2 Å². The number of rotatable bonds is 6. The Morgan fingerprint density at radius 1 is 1.15 bits per heavy atom. The van der Waals surface area contributed by atoms with Crippen LogP contribution in [0, 0.1) is 0 Å². The van der Waals surface area contributed by atoms with E-state index < -0.39 is 11.5 Å². The molecular formula is C21H19N3O3. The number of aromatic amines is 1. The van der Waals surface area contributed by atoms with Crippen molar-refractivity contribution in [2.24, 2.45) is 0 Å². The van der Waals surface area contributed by atoms with Crippen molar-refractivity contribution in [2.75, 3.05) is 7.05 Å². The maximum atomic E-state index is 11.9. The number of nitrogens with zero attached hydrogens (tertiary/aromatic N) is 1. The second-order valence-electron chi connectivity index (χ2n) is 5.77. The van der Waals surface area contributed by atoms with Crippen LogP contribution in [0.2, 0.25) is 0 Å². The topological polar surface area (TPSA) is 84.1 Å². The van der Waals surface area contributed by atoms with Gasteiger partial charge >= 0.3 is 0 Å². The maximum Gasteiger partial charge on any atom is 0.263 e. The third-order valence-corrected chi connectivity index (χ3v) is 3.83. The van der Waals surface area contributed by atoms with Gasteiger partial charge in [-0.15, -0.1) is 0 Å². The second kappa shape index (κ2) is 8.62. The molecule has 0 aliphatic rings. The van der Waals surface area contributed by atoms with Crippen LogP contribution in [0.15, 0.2) is 65.6 Å². The van der Waals surface area contributed by atoms with E-state index in [0.717, 1.165) is 16.9 Å². The largest absolute Gasteiger partial charge is 0.489 e. The molecule has 0 saturated carbocycles. The normalized spacial score (nSPS) is 10.7. The summed E-state index contributed by atoms with van der Waals surface area (Å²) in [6, 6.07) is 17.5. The molecule has 2 aromatic carbocycles. The molecule has 1 heterocycles. The van der Waals surface area contributed by atoms with E-state index in [9.17, 15) is 9.59 Å². The molecule has 136 valence electrons. The lowest BCUT2D eigenvalue weighted by atomic mass is 10.2. The Labute approximate surface area is 156 Å². The fraction of sp³-hybridized carbons (Fsp3) is 0.0952. The minimum atomic E-state index is -0.482. The van der Waals surface area contributed by atoms with Gasteiger partial charge in [0.1, 0.15) is 23.7 Å². The van der Waals surface area contributed by atoms with Crippen LogP contribution in [-0.2, 0) is 6.61 Å². The van der Waals surface area contributed by atoms with Crippen molar-refractivity contribution in [1.29, 1.82) is 0 Å². The molecule has 0 fully saturated rings. The summed E-state index contributed by atoms with van der Waals surface area (Å²) in [7, 11) is 1.46. The summed E-state index contributed by atoms with van der Waals surface area (Å²) in [6.45, 7) is 0.490. The van der Waals surface area contributed by atoms with Crippen LogP contribution in [0.4, 0.5) is 0 Å². The molecule has 0 atom stereocenters. The minimum absolute atomic E-state index is 0.0223. The van der Waals surface area contributed by atoms with E-state index in [1.807, 2.05) is 60.7 Å². The van der Waals surface area contributed by atoms with Gasteiger partial charge in [0.25, 0.3) is 11.5 Å². The molecule has 6 nitrogen and oxygen atoms in total. The lowest BCUT2D eigenvalue weighted by Crippen LogP contribution is -2.27. The molecule has 3 aromatic rings. The van der Waals surface area contributed by atoms with Gasteiger partial charge in [0, 0.05) is 13.2 Å². The van der Waals surface area contributed by atoms with Crippen molar-refractivity contribution in [1.82, 2.24) is 15.3 Å². The first-order valence-corrected chi connectivity index (χ1v) is 8.42. The summed E-state index contributed by atoms with van der Waals surface area (Å²) in [5.74, 6) is 0.642. The van der Waals surface area contributed by atoms with E-state index >= 15 is 0 Å². The van der Waals surface area contributed by atoms with Crippen LogP contribution in [0.5, 0.6) is 5.75 Å². The van der Waals surface area contributed by atoms with Crippen molar-refractivity contribution in [2.45, 2.75) is 6.61 Å². The predicted octanol–water partition coefficient (Wildman–Crippen LogP) is 2.88. The number of amides is 1. The molecule has 2 N–H and O–H groups in total. The van der Waals surface area contributed by atoms with E-state index in [0.29, 0.717) is 12.4 Å². The monoisotopic (exact) mass is 361 g/mol. The van der Waals surface area contributed by atoms with E-state index in [2.05, 4.69) is 15.3 Å². The van der Waals surface area contributed by atoms with Crippen LogP contribution in [0.1, 0.15) is 27.3 Å². The van der Waals surface area contributed by atoms with Gasteiger partial charge in [0.15, 0.2) is 0 Å². The van der Waals surface area contributed by atoms with Gasteiger partial charge in [0.2, 0.25) is 0 Å². The first-order valence-electron chi connectivity index (χ1n) is 8.42. The Balaban J connectivity index is 1.69. The minimum Gasteiger partial charge on any atom is -0.489 e.